The lowest BCUT2D eigenvalue weighted by Crippen LogP contribution is -2.70. The summed E-state index contributed by atoms with van der Waals surface area (Å²) in [5.41, 5.74) is -1.68. The molecule has 0 saturated carbocycles. The van der Waals surface area contributed by atoms with Crippen LogP contribution in [0.3, 0.4) is 0 Å². The highest BCUT2D eigenvalue weighted by atomic mass is 16.7. The van der Waals surface area contributed by atoms with E-state index >= 15 is 0 Å². The average Bonchev–Trinajstić information content (AvgIpc) is 3.43. The summed E-state index contributed by atoms with van der Waals surface area (Å²) in [6.45, 7) is 18.7. The Morgan fingerprint density at radius 3 is 2.30 bits per heavy atom. The minimum absolute atomic E-state index is 0.101. The Morgan fingerprint density at radius 1 is 0.719 bits per heavy atom. The zero-order chi connectivity index (χ0) is 44.7. The molecule has 11 heterocycles. The quantitative estimate of drug-likeness (QED) is 0.279. The Hall–Kier alpha value is -1.79. The summed E-state index contributed by atoms with van der Waals surface area (Å²) in [6, 6.07) is 0. The van der Waals surface area contributed by atoms with Crippen LogP contribution in [0.1, 0.15) is 126 Å². The van der Waals surface area contributed by atoms with Gasteiger partial charge in [-0.15, -0.1) is 0 Å². The maximum atomic E-state index is 12.3. The molecule has 14 heteroatoms. The molecule has 11 rings (SSSR count). The lowest BCUT2D eigenvalue weighted by molar-refractivity contribution is -0.356. The van der Waals surface area contributed by atoms with Crippen LogP contribution >= 0.6 is 0 Å². The van der Waals surface area contributed by atoms with Crippen molar-refractivity contribution in [2.75, 3.05) is 6.61 Å². The Morgan fingerprint density at radius 2 is 1.48 bits per heavy atom. The third-order valence-electron chi connectivity index (χ3n) is 17.9. The van der Waals surface area contributed by atoms with Crippen LogP contribution in [0, 0.1) is 5.92 Å². The highest BCUT2D eigenvalue weighted by Crippen LogP contribution is 2.55. The first-order valence-corrected chi connectivity index (χ1v) is 24.5. The number of aliphatic hydroxyl groups excluding tert-OH is 2. The molecule has 0 unspecified atom stereocenters. The van der Waals surface area contributed by atoms with Crippen LogP contribution in [0.25, 0.3) is 0 Å². The van der Waals surface area contributed by atoms with E-state index in [0.29, 0.717) is 63.4 Å². The number of esters is 1. The van der Waals surface area contributed by atoms with Gasteiger partial charge in [0.25, 0.3) is 0 Å². The molecule has 0 aromatic rings. The molecule has 23 atom stereocenters. The minimum Gasteiger partial charge on any atom is -0.456 e. The summed E-state index contributed by atoms with van der Waals surface area (Å²) in [5, 5.41) is 21.0. The van der Waals surface area contributed by atoms with Crippen molar-refractivity contribution in [3.8, 4) is 0 Å². The van der Waals surface area contributed by atoms with Gasteiger partial charge in [0.05, 0.1) is 114 Å². The first-order valence-electron chi connectivity index (χ1n) is 24.5. The van der Waals surface area contributed by atoms with Crippen molar-refractivity contribution < 1.29 is 67.1 Å². The monoisotopic (exact) mass is 896 g/mol. The van der Waals surface area contributed by atoms with Crippen LogP contribution < -0.4 is 0 Å². The Kier molecular flexibility index (Phi) is 11.1. The van der Waals surface area contributed by atoms with Crippen molar-refractivity contribution in [2.24, 2.45) is 5.92 Å². The Bertz CT molecular complexity index is 1910. The van der Waals surface area contributed by atoms with Gasteiger partial charge in [-0.1, -0.05) is 25.7 Å². The number of aliphatic hydroxyl groups is 2. The molecule has 9 fully saturated rings. The summed E-state index contributed by atoms with van der Waals surface area (Å²) >= 11 is 0. The van der Waals surface area contributed by atoms with Gasteiger partial charge in [0.15, 0.2) is 0 Å². The van der Waals surface area contributed by atoms with Crippen molar-refractivity contribution >= 4 is 5.97 Å². The van der Waals surface area contributed by atoms with Gasteiger partial charge in [-0.2, -0.15) is 0 Å². The van der Waals surface area contributed by atoms with E-state index in [1.165, 1.54) is 0 Å². The standard InChI is InChI=1S/C50H72O14/c1-25(24-51)14-28-17-37(52)50(8)41(54-28)19-33-34(61-50)18-32-29(55-33)10-9-12-46(4)42(58-32)23-49(7)40(62-46)21-39-47(5,64-49)13-11-30-44(60-39)26(2)15-31-36(56-30)22-48(6)38(57-31)20-35-45(63-48)27(3)16-43(53)59-35/h9-10,16,26,28-42,44-45,51-52H,1,11-15,17-24H2,2-8H3/b10-9-/t26-,28-,29-,30+,31+,32+,33+,34-,35+,36-,37+,38-,39+,40-,41-,42-,44-,45-,46+,47-,48+,49+,50+/m1/s1. The van der Waals surface area contributed by atoms with Gasteiger partial charge in [-0.05, 0) is 90.7 Å². The second kappa shape index (κ2) is 15.9. The summed E-state index contributed by atoms with van der Waals surface area (Å²) in [6.07, 6.45) is 9.32. The highest BCUT2D eigenvalue weighted by molar-refractivity contribution is 5.84. The molecular weight excluding hydrogens is 825 g/mol. The molecule has 356 valence electrons. The van der Waals surface area contributed by atoms with E-state index < -0.39 is 34.1 Å². The summed E-state index contributed by atoms with van der Waals surface area (Å²) in [7, 11) is 0. The Balaban J connectivity index is 0.776. The largest absolute Gasteiger partial charge is 0.456 e. The third kappa shape index (κ3) is 7.46. The second-order valence-corrected chi connectivity index (χ2v) is 22.8. The van der Waals surface area contributed by atoms with Crippen LogP contribution in [0.5, 0.6) is 0 Å². The number of carbonyl (C=O) groups is 1. The molecule has 0 aromatic carbocycles. The minimum atomic E-state index is -0.886. The van der Waals surface area contributed by atoms with Crippen LogP contribution in [-0.2, 0) is 56.9 Å². The fourth-order valence-electron chi connectivity index (χ4n) is 14.0. The molecule has 2 N–H and O–H groups in total. The van der Waals surface area contributed by atoms with Gasteiger partial charge in [0, 0.05) is 51.0 Å². The van der Waals surface area contributed by atoms with Gasteiger partial charge in [0.1, 0.15) is 23.9 Å². The SMILES string of the molecule is C=C(CO)C[C@@H]1C[C@H](O)[C@]2(C)O[C@@H]3C[C@@H]4O[C@@H]5C[C@]6(C)O[C@]7(C)CC[C@@H]8O[C@@H]9C[C@]%10(C)O[C@@H]%11C(C)=CC(=O)O[C@H]%11C[C@H]%10O[C@H]9C[C@@H](C)[C@H]8O[C@H]7C[C@H]6O[C@@]5(C)C/C=C\[C@H]4O[C@H]3C[C@H]2O1. The summed E-state index contributed by atoms with van der Waals surface area (Å²) < 4.78 is 75.7. The normalized spacial score (nSPS) is 57.0. The smallest absolute Gasteiger partial charge is 0.331 e. The van der Waals surface area contributed by atoms with E-state index in [1.54, 1.807) is 6.08 Å². The Labute approximate surface area is 377 Å². The maximum Gasteiger partial charge on any atom is 0.331 e. The van der Waals surface area contributed by atoms with E-state index in [4.69, 9.17) is 52.1 Å². The van der Waals surface area contributed by atoms with Gasteiger partial charge >= 0.3 is 5.97 Å². The fourth-order valence-corrected chi connectivity index (χ4v) is 14.0. The zero-order valence-electron chi connectivity index (χ0n) is 38.8. The van der Waals surface area contributed by atoms with E-state index in [0.717, 1.165) is 24.8 Å². The molecule has 11 aliphatic heterocycles. The number of hydrogen-bond acceptors (Lipinski definition) is 14. The highest BCUT2D eigenvalue weighted by Gasteiger charge is 2.64. The molecule has 9 saturated heterocycles. The third-order valence-corrected chi connectivity index (χ3v) is 17.9. The molecule has 64 heavy (non-hydrogen) atoms. The van der Waals surface area contributed by atoms with Crippen LogP contribution in [0.15, 0.2) is 36.0 Å². The maximum absolute atomic E-state index is 12.3. The van der Waals surface area contributed by atoms with E-state index in [1.807, 2.05) is 13.8 Å². The molecule has 0 bridgehead atoms. The van der Waals surface area contributed by atoms with Crippen LogP contribution in [0.2, 0.25) is 0 Å². The average molecular weight is 897 g/mol. The summed E-state index contributed by atoms with van der Waals surface area (Å²) in [4.78, 5) is 12.3. The predicted octanol–water partition coefficient (Wildman–Crippen LogP) is 5.27. The predicted molar refractivity (Wildman–Crippen MR) is 229 cm³/mol. The van der Waals surface area contributed by atoms with Crippen molar-refractivity contribution in [1.82, 2.24) is 0 Å². The van der Waals surface area contributed by atoms with Crippen molar-refractivity contribution in [3.05, 3.63) is 36.0 Å². The number of fused-ring (bicyclic) bond motifs is 10. The number of ether oxygens (including phenoxy) is 11. The molecule has 14 nitrogen and oxygen atoms in total. The molecule has 0 radical (unpaired) electrons. The fraction of sp³-hybridized carbons (Fsp3) is 0.860. The molecule has 11 aliphatic rings. The first-order chi connectivity index (χ1) is 30.4. The molecule has 0 spiro atoms. The molecule has 0 aliphatic carbocycles. The molecule has 0 amide bonds. The zero-order valence-corrected chi connectivity index (χ0v) is 38.8. The number of hydrogen-bond donors (Lipinski definition) is 2. The molecular formula is C50H72O14. The topological polar surface area (TPSA) is 159 Å². The van der Waals surface area contributed by atoms with Gasteiger partial charge in [0.2, 0.25) is 0 Å². The van der Waals surface area contributed by atoms with E-state index in [2.05, 4.69) is 53.3 Å². The van der Waals surface area contributed by atoms with Crippen molar-refractivity contribution in [3.63, 3.8) is 0 Å². The summed E-state index contributed by atoms with van der Waals surface area (Å²) in [5.74, 6) is -0.141. The lowest BCUT2D eigenvalue weighted by Gasteiger charge is -2.60. The first kappa shape index (κ1) is 44.7. The van der Waals surface area contributed by atoms with Crippen molar-refractivity contribution in [2.45, 2.75) is 257 Å². The number of rotatable bonds is 3. The van der Waals surface area contributed by atoms with Crippen LogP contribution in [-0.4, -0.2) is 155 Å². The lowest BCUT2D eigenvalue weighted by atomic mass is 9.72. The van der Waals surface area contributed by atoms with E-state index in [9.17, 15) is 15.0 Å². The van der Waals surface area contributed by atoms with E-state index in [-0.39, 0.29) is 116 Å². The van der Waals surface area contributed by atoms with Gasteiger partial charge in [-0.3, -0.25) is 0 Å². The van der Waals surface area contributed by atoms with Crippen molar-refractivity contribution in [1.29, 1.82) is 0 Å². The molecule has 0 aromatic heterocycles. The second-order valence-electron chi connectivity index (χ2n) is 22.8. The van der Waals surface area contributed by atoms with Gasteiger partial charge in [-0.25, -0.2) is 4.79 Å². The number of carbonyl (C=O) groups excluding carboxylic acids is 1. The van der Waals surface area contributed by atoms with Gasteiger partial charge < -0.3 is 62.3 Å². The van der Waals surface area contributed by atoms with Crippen LogP contribution in [0.4, 0.5) is 0 Å².